The maximum Gasteiger partial charge on any atom is 0.416 e. The highest BCUT2D eigenvalue weighted by Gasteiger charge is 2.32. The Hall–Kier alpha value is -2.11. The largest absolute Gasteiger partial charge is 0.416 e. The van der Waals surface area contributed by atoms with Crippen molar-refractivity contribution in [2.75, 3.05) is 4.90 Å². The van der Waals surface area contributed by atoms with Gasteiger partial charge in [0.25, 0.3) is 0 Å². The second kappa shape index (κ2) is 5.35. The molecule has 0 aliphatic carbocycles. The highest BCUT2D eigenvalue weighted by molar-refractivity contribution is 6.04. The first-order valence-electron chi connectivity index (χ1n) is 6.42. The summed E-state index contributed by atoms with van der Waals surface area (Å²) in [7, 11) is 0. The summed E-state index contributed by atoms with van der Waals surface area (Å²) in [5.74, 6) is -0.478. The molecule has 0 atom stereocenters. The van der Waals surface area contributed by atoms with Gasteiger partial charge in [-0.3, -0.25) is 14.5 Å². The van der Waals surface area contributed by atoms with Gasteiger partial charge in [0, 0.05) is 23.4 Å². The van der Waals surface area contributed by atoms with Crippen molar-refractivity contribution in [3.63, 3.8) is 0 Å². The molecule has 0 bridgehead atoms. The minimum Gasteiger partial charge on any atom is -0.295 e. The Kier molecular flexibility index (Phi) is 3.89. The molecule has 0 saturated carbocycles. The van der Waals surface area contributed by atoms with Crippen LogP contribution in [0.3, 0.4) is 0 Å². The van der Waals surface area contributed by atoms with Gasteiger partial charge < -0.3 is 0 Å². The minimum atomic E-state index is -4.48. The maximum absolute atomic E-state index is 12.8. The molecule has 1 aliphatic rings. The van der Waals surface area contributed by atoms with E-state index >= 15 is 0 Å². The van der Waals surface area contributed by atoms with Gasteiger partial charge in [-0.15, -0.1) is 0 Å². The molecule has 21 heavy (non-hydrogen) atoms. The van der Waals surface area contributed by atoms with E-state index in [9.17, 15) is 22.8 Å². The second-order valence-corrected chi connectivity index (χ2v) is 4.90. The Morgan fingerprint density at radius 1 is 1.24 bits per heavy atom. The van der Waals surface area contributed by atoms with E-state index in [-0.39, 0.29) is 23.8 Å². The summed E-state index contributed by atoms with van der Waals surface area (Å²) in [6, 6.07) is 4.55. The number of hydrogen-bond acceptors (Lipinski definition) is 2. The number of nitrogens with zero attached hydrogens (tertiary/aromatic N) is 1. The standard InChI is InChI=1S/C15H14F3NO2/c1-9-13(10(2)20)6-7-14(21)19(9)12-5-3-4-11(8-12)15(16,17)18/h3-5,8H,6-7H2,1-2H3. The molecule has 1 aromatic carbocycles. The van der Waals surface area contributed by atoms with Crippen LogP contribution in [0.15, 0.2) is 35.5 Å². The predicted molar refractivity (Wildman–Crippen MR) is 71.5 cm³/mol. The Morgan fingerprint density at radius 3 is 2.48 bits per heavy atom. The minimum absolute atomic E-state index is 0.114. The van der Waals surface area contributed by atoms with Crippen LogP contribution in [0.5, 0.6) is 0 Å². The lowest BCUT2D eigenvalue weighted by molar-refractivity contribution is -0.137. The average Bonchev–Trinajstić information content (AvgIpc) is 2.37. The number of rotatable bonds is 2. The van der Waals surface area contributed by atoms with Crippen molar-refractivity contribution < 1.29 is 22.8 Å². The van der Waals surface area contributed by atoms with Crippen LogP contribution in [-0.2, 0) is 15.8 Å². The maximum atomic E-state index is 12.8. The fourth-order valence-electron chi connectivity index (χ4n) is 2.44. The molecule has 0 radical (unpaired) electrons. The van der Waals surface area contributed by atoms with Crippen molar-refractivity contribution in [3.05, 3.63) is 41.1 Å². The number of carbonyl (C=O) groups excluding carboxylic acids is 2. The van der Waals surface area contributed by atoms with Crippen molar-refractivity contribution in [3.8, 4) is 0 Å². The Balaban J connectivity index is 2.51. The lowest BCUT2D eigenvalue weighted by atomic mass is 9.98. The predicted octanol–water partition coefficient (Wildman–Crippen LogP) is 3.70. The average molecular weight is 297 g/mol. The van der Waals surface area contributed by atoms with E-state index in [0.717, 1.165) is 12.1 Å². The number of alkyl halides is 3. The zero-order valence-corrected chi connectivity index (χ0v) is 11.6. The van der Waals surface area contributed by atoms with Crippen LogP contribution in [0, 0.1) is 0 Å². The SMILES string of the molecule is CC(=O)C1=C(C)N(c2cccc(C(F)(F)F)c2)C(=O)CC1. The topological polar surface area (TPSA) is 37.4 Å². The summed E-state index contributed by atoms with van der Waals surface area (Å²) in [6.45, 7) is 2.97. The fourth-order valence-corrected chi connectivity index (χ4v) is 2.44. The van der Waals surface area contributed by atoms with Crippen molar-refractivity contribution in [2.24, 2.45) is 0 Å². The van der Waals surface area contributed by atoms with Gasteiger partial charge in [0.15, 0.2) is 5.78 Å². The van der Waals surface area contributed by atoms with Crippen LogP contribution >= 0.6 is 0 Å². The van der Waals surface area contributed by atoms with E-state index in [1.54, 1.807) is 6.92 Å². The number of ketones is 1. The molecule has 1 amide bonds. The number of Topliss-reactive ketones (excluding diaryl/α,β-unsaturated/α-hetero) is 1. The molecular formula is C15H14F3NO2. The molecule has 1 aromatic rings. The van der Waals surface area contributed by atoms with E-state index in [1.165, 1.54) is 24.0 Å². The first kappa shape index (κ1) is 15.3. The number of benzene rings is 1. The molecular weight excluding hydrogens is 283 g/mol. The molecule has 0 saturated heterocycles. The van der Waals surface area contributed by atoms with Crippen LogP contribution < -0.4 is 4.90 Å². The van der Waals surface area contributed by atoms with Crippen molar-refractivity contribution in [2.45, 2.75) is 32.9 Å². The first-order valence-corrected chi connectivity index (χ1v) is 6.42. The summed E-state index contributed by atoms with van der Waals surface area (Å²) in [4.78, 5) is 24.8. The highest BCUT2D eigenvalue weighted by atomic mass is 19.4. The smallest absolute Gasteiger partial charge is 0.295 e. The van der Waals surface area contributed by atoms with Crippen LogP contribution in [0.1, 0.15) is 32.3 Å². The second-order valence-electron chi connectivity index (χ2n) is 4.90. The molecule has 2 rings (SSSR count). The van der Waals surface area contributed by atoms with Crippen LogP contribution in [-0.4, -0.2) is 11.7 Å². The molecule has 0 unspecified atom stereocenters. The Bertz CT molecular complexity index is 632. The quantitative estimate of drug-likeness (QED) is 0.834. The number of carbonyl (C=O) groups is 2. The Morgan fingerprint density at radius 2 is 1.90 bits per heavy atom. The zero-order valence-electron chi connectivity index (χ0n) is 11.6. The van der Waals surface area contributed by atoms with Gasteiger partial charge in [-0.25, -0.2) is 0 Å². The molecule has 6 heteroatoms. The van der Waals surface area contributed by atoms with E-state index in [2.05, 4.69) is 0 Å². The third-order valence-electron chi connectivity index (χ3n) is 3.47. The number of halogens is 3. The van der Waals surface area contributed by atoms with E-state index < -0.39 is 11.7 Å². The van der Waals surface area contributed by atoms with Gasteiger partial charge in [0.2, 0.25) is 5.91 Å². The summed E-state index contributed by atoms with van der Waals surface area (Å²) in [6.07, 6.45) is -4.03. The van der Waals surface area contributed by atoms with Crippen molar-refractivity contribution >= 4 is 17.4 Å². The van der Waals surface area contributed by atoms with Gasteiger partial charge in [-0.05, 0) is 38.5 Å². The molecule has 1 aliphatic heterocycles. The molecule has 3 nitrogen and oxygen atoms in total. The van der Waals surface area contributed by atoms with Gasteiger partial charge >= 0.3 is 6.18 Å². The monoisotopic (exact) mass is 297 g/mol. The molecule has 0 spiro atoms. The lowest BCUT2D eigenvalue weighted by Gasteiger charge is -2.30. The van der Waals surface area contributed by atoms with Gasteiger partial charge in [0.05, 0.1) is 5.56 Å². The molecule has 0 N–H and O–H groups in total. The third-order valence-corrected chi connectivity index (χ3v) is 3.47. The fraction of sp³-hybridized carbons (Fsp3) is 0.333. The van der Waals surface area contributed by atoms with Crippen LogP contribution in [0.4, 0.5) is 18.9 Å². The van der Waals surface area contributed by atoms with Gasteiger partial charge in [-0.1, -0.05) is 6.07 Å². The van der Waals surface area contributed by atoms with E-state index in [4.69, 9.17) is 0 Å². The summed E-state index contributed by atoms with van der Waals surface area (Å²) in [5, 5.41) is 0. The number of allylic oxidation sites excluding steroid dienone is 2. The Labute approximate surface area is 120 Å². The highest BCUT2D eigenvalue weighted by Crippen LogP contribution is 2.34. The zero-order chi connectivity index (χ0) is 15.8. The van der Waals surface area contributed by atoms with Crippen LogP contribution in [0.2, 0.25) is 0 Å². The number of amides is 1. The number of hydrogen-bond donors (Lipinski definition) is 0. The molecule has 0 aromatic heterocycles. The third kappa shape index (κ3) is 2.99. The molecule has 0 fully saturated rings. The first-order chi connectivity index (χ1) is 9.71. The molecule has 1 heterocycles. The van der Waals surface area contributed by atoms with Gasteiger partial charge in [0.1, 0.15) is 0 Å². The van der Waals surface area contributed by atoms with Gasteiger partial charge in [-0.2, -0.15) is 13.2 Å². The summed E-state index contributed by atoms with van der Waals surface area (Å²) in [5.41, 5.74) is 0.186. The summed E-state index contributed by atoms with van der Waals surface area (Å²) >= 11 is 0. The van der Waals surface area contributed by atoms with Crippen molar-refractivity contribution in [1.29, 1.82) is 0 Å². The van der Waals surface area contributed by atoms with Crippen LogP contribution in [0.25, 0.3) is 0 Å². The van der Waals surface area contributed by atoms with E-state index in [1.807, 2.05) is 0 Å². The summed E-state index contributed by atoms with van der Waals surface area (Å²) < 4.78 is 38.3. The lowest BCUT2D eigenvalue weighted by Crippen LogP contribution is -2.34. The van der Waals surface area contributed by atoms with Crippen molar-refractivity contribution in [1.82, 2.24) is 0 Å². The molecule has 112 valence electrons. The van der Waals surface area contributed by atoms with E-state index in [0.29, 0.717) is 17.7 Å². The number of anilines is 1. The normalized spacial score (nSPS) is 16.4.